The summed E-state index contributed by atoms with van der Waals surface area (Å²) in [6.45, 7) is 10.7. The Labute approximate surface area is 148 Å². The second kappa shape index (κ2) is 7.14. The highest BCUT2D eigenvalue weighted by molar-refractivity contribution is 5.46. The fourth-order valence-electron chi connectivity index (χ4n) is 3.79. The molecule has 0 aliphatic carbocycles. The topological polar surface area (TPSA) is 27.5 Å². The van der Waals surface area contributed by atoms with Crippen LogP contribution in [0.5, 0.6) is 0 Å². The average Bonchev–Trinajstić information content (AvgIpc) is 3.00. The maximum atomic E-state index is 13.0. The molecule has 1 aromatic carbocycles. The van der Waals surface area contributed by atoms with Gasteiger partial charge in [-0.2, -0.15) is 5.10 Å². The molecule has 5 nitrogen and oxygen atoms in total. The molecule has 0 atom stereocenters. The predicted molar refractivity (Wildman–Crippen MR) is 97.4 cm³/mol. The molecule has 2 fully saturated rings. The third kappa shape index (κ3) is 3.85. The third-order valence-electron chi connectivity index (χ3n) is 5.37. The van der Waals surface area contributed by atoms with Crippen molar-refractivity contribution in [2.75, 3.05) is 50.7 Å². The van der Waals surface area contributed by atoms with E-state index in [1.165, 1.54) is 5.56 Å². The number of aryl methyl sites for hydroxylation is 1. The monoisotopic (exact) mass is 343 g/mol. The Morgan fingerprint density at radius 2 is 1.76 bits per heavy atom. The van der Waals surface area contributed by atoms with Gasteiger partial charge in [-0.05, 0) is 36.8 Å². The zero-order valence-corrected chi connectivity index (χ0v) is 14.8. The van der Waals surface area contributed by atoms with Crippen molar-refractivity contribution in [3.05, 3.63) is 48.0 Å². The fourth-order valence-corrected chi connectivity index (χ4v) is 3.79. The maximum Gasteiger partial charge on any atom is 0.123 e. The number of nitrogens with zero attached hydrogens (tertiary/aromatic N) is 5. The standard InChI is InChI=1S/C19H26FN5/c1-16-12-21-25(13-16)11-6-22-14-19(15-22)24-9-7-23(8-10-24)18-4-2-17(20)3-5-18/h2-5,12-13,19H,6-11,14-15H2,1H3. The van der Waals surface area contributed by atoms with Gasteiger partial charge in [-0.25, -0.2) is 4.39 Å². The smallest absolute Gasteiger partial charge is 0.123 e. The Bertz CT molecular complexity index is 684. The first-order valence-corrected chi connectivity index (χ1v) is 9.13. The van der Waals surface area contributed by atoms with E-state index in [1.54, 1.807) is 12.1 Å². The Hall–Kier alpha value is -1.92. The number of likely N-dealkylation sites (tertiary alicyclic amines) is 1. The molecule has 6 heteroatoms. The number of anilines is 1. The lowest BCUT2D eigenvalue weighted by atomic mass is 10.1. The highest BCUT2D eigenvalue weighted by Crippen LogP contribution is 2.21. The predicted octanol–water partition coefficient (Wildman–Crippen LogP) is 1.84. The molecule has 0 unspecified atom stereocenters. The van der Waals surface area contributed by atoms with E-state index in [0.29, 0.717) is 6.04 Å². The molecular weight excluding hydrogens is 317 g/mol. The Balaban J connectivity index is 1.19. The van der Waals surface area contributed by atoms with E-state index in [4.69, 9.17) is 0 Å². The molecular formula is C19H26FN5. The summed E-state index contributed by atoms with van der Waals surface area (Å²) in [7, 11) is 0. The van der Waals surface area contributed by atoms with E-state index in [2.05, 4.69) is 32.9 Å². The molecule has 0 spiro atoms. The van der Waals surface area contributed by atoms with Crippen LogP contribution in [0.3, 0.4) is 0 Å². The van der Waals surface area contributed by atoms with Crippen molar-refractivity contribution in [3.8, 4) is 0 Å². The summed E-state index contributed by atoms with van der Waals surface area (Å²) in [6, 6.07) is 7.55. The van der Waals surface area contributed by atoms with Gasteiger partial charge in [-0.15, -0.1) is 0 Å². The zero-order chi connectivity index (χ0) is 17.2. The summed E-state index contributed by atoms with van der Waals surface area (Å²) < 4.78 is 15.1. The summed E-state index contributed by atoms with van der Waals surface area (Å²) in [5, 5.41) is 4.35. The first kappa shape index (κ1) is 16.5. The number of rotatable bonds is 5. The number of halogens is 1. The molecule has 0 bridgehead atoms. The van der Waals surface area contributed by atoms with Crippen LogP contribution in [0, 0.1) is 12.7 Å². The van der Waals surface area contributed by atoms with Crippen molar-refractivity contribution in [1.29, 1.82) is 0 Å². The molecule has 4 rings (SSSR count). The second-order valence-corrected chi connectivity index (χ2v) is 7.19. The summed E-state index contributed by atoms with van der Waals surface area (Å²) in [5.74, 6) is -0.165. The van der Waals surface area contributed by atoms with Gasteiger partial charge in [0.25, 0.3) is 0 Å². The van der Waals surface area contributed by atoms with Crippen LogP contribution in [0.4, 0.5) is 10.1 Å². The minimum atomic E-state index is -0.165. The Morgan fingerprint density at radius 3 is 2.40 bits per heavy atom. The minimum Gasteiger partial charge on any atom is -0.369 e. The van der Waals surface area contributed by atoms with Gasteiger partial charge in [0.05, 0.1) is 12.7 Å². The van der Waals surface area contributed by atoms with Crippen molar-refractivity contribution in [1.82, 2.24) is 19.6 Å². The molecule has 25 heavy (non-hydrogen) atoms. The summed E-state index contributed by atoms with van der Waals surface area (Å²) >= 11 is 0. The van der Waals surface area contributed by atoms with Crippen LogP contribution >= 0.6 is 0 Å². The molecule has 2 aliphatic heterocycles. The van der Waals surface area contributed by atoms with Gasteiger partial charge in [0, 0.05) is 63.7 Å². The number of hydrogen-bond acceptors (Lipinski definition) is 4. The van der Waals surface area contributed by atoms with Crippen molar-refractivity contribution >= 4 is 5.69 Å². The molecule has 3 heterocycles. The van der Waals surface area contributed by atoms with Crippen molar-refractivity contribution < 1.29 is 4.39 Å². The molecule has 2 aromatic rings. The van der Waals surface area contributed by atoms with Gasteiger partial charge in [0.1, 0.15) is 5.82 Å². The van der Waals surface area contributed by atoms with Crippen molar-refractivity contribution in [2.24, 2.45) is 0 Å². The Kier molecular flexibility index (Phi) is 4.72. The van der Waals surface area contributed by atoms with E-state index in [0.717, 1.165) is 58.0 Å². The van der Waals surface area contributed by atoms with Crippen molar-refractivity contribution in [2.45, 2.75) is 19.5 Å². The van der Waals surface area contributed by atoms with Crippen LogP contribution in [0.1, 0.15) is 5.56 Å². The molecule has 0 radical (unpaired) electrons. The molecule has 0 saturated carbocycles. The Morgan fingerprint density at radius 1 is 1.04 bits per heavy atom. The maximum absolute atomic E-state index is 13.0. The largest absolute Gasteiger partial charge is 0.369 e. The highest BCUT2D eigenvalue weighted by Gasteiger charge is 2.33. The van der Waals surface area contributed by atoms with E-state index >= 15 is 0 Å². The molecule has 1 aromatic heterocycles. The number of aromatic nitrogens is 2. The molecule has 2 aliphatic rings. The van der Waals surface area contributed by atoms with E-state index in [9.17, 15) is 4.39 Å². The molecule has 0 amide bonds. The van der Waals surface area contributed by atoms with Gasteiger partial charge in [0.2, 0.25) is 0 Å². The van der Waals surface area contributed by atoms with Crippen molar-refractivity contribution in [3.63, 3.8) is 0 Å². The molecule has 0 N–H and O–H groups in total. The summed E-state index contributed by atoms with van der Waals surface area (Å²) in [4.78, 5) is 7.47. The van der Waals surface area contributed by atoms with E-state index in [-0.39, 0.29) is 5.82 Å². The highest BCUT2D eigenvalue weighted by atomic mass is 19.1. The lowest BCUT2D eigenvalue weighted by molar-refractivity contribution is 0.0282. The van der Waals surface area contributed by atoms with E-state index < -0.39 is 0 Å². The van der Waals surface area contributed by atoms with Gasteiger partial charge in [0.15, 0.2) is 0 Å². The first-order chi connectivity index (χ1) is 12.2. The lowest BCUT2D eigenvalue weighted by Gasteiger charge is -2.48. The SMILES string of the molecule is Cc1cnn(CCN2CC(N3CCN(c4ccc(F)cc4)CC3)C2)c1. The third-order valence-corrected chi connectivity index (χ3v) is 5.37. The number of benzene rings is 1. The summed E-state index contributed by atoms with van der Waals surface area (Å²) in [5.41, 5.74) is 2.35. The lowest BCUT2D eigenvalue weighted by Crippen LogP contribution is -2.63. The first-order valence-electron chi connectivity index (χ1n) is 9.13. The van der Waals surface area contributed by atoms with Gasteiger partial charge >= 0.3 is 0 Å². The normalized spacial score (nSPS) is 20.0. The van der Waals surface area contributed by atoms with Gasteiger partial charge < -0.3 is 4.90 Å². The zero-order valence-electron chi connectivity index (χ0n) is 14.8. The second-order valence-electron chi connectivity index (χ2n) is 7.19. The van der Waals surface area contributed by atoms with Gasteiger partial charge in [-0.1, -0.05) is 0 Å². The fraction of sp³-hybridized carbons (Fsp3) is 0.526. The van der Waals surface area contributed by atoms with Crippen LogP contribution < -0.4 is 4.90 Å². The number of piperazine rings is 1. The van der Waals surface area contributed by atoms with Crippen LogP contribution in [0.2, 0.25) is 0 Å². The molecule has 134 valence electrons. The minimum absolute atomic E-state index is 0.165. The quantitative estimate of drug-likeness (QED) is 0.828. The van der Waals surface area contributed by atoms with Crippen LogP contribution in [0.15, 0.2) is 36.7 Å². The molecule has 2 saturated heterocycles. The summed E-state index contributed by atoms with van der Waals surface area (Å²) in [6.07, 6.45) is 4.02. The van der Waals surface area contributed by atoms with Gasteiger partial charge in [-0.3, -0.25) is 14.5 Å². The van der Waals surface area contributed by atoms with Crippen LogP contribution in [-0.4, -0.2) is 71.4 Å². The van der Waals surface area contributed by atoms with E-state index in [1.807, 2.05) is 23.0 Å². The van der Waals surface area contributed by atoms with Crippen LogP contribution in [0.25, 0.3) is 0 Å². The number of hydrogen-bond donors (Lipinski definition) is 0. The van der Waals surface area contributed by atoms with Crippen LogP contribution in [-0.2, 0) is 6.54 Å². The average molecular weight is 343 g/mol.